The average molecular weight is 551 g/mol. The first kappa shape index (κ1) is 23.4. The highest BCUT2D eigenvalue weighted by atomic mass is 79.9. The molecular formula is C33H28BrNS. The van der Waals surface area contributed by atoms with Crippen LogP contribution in [0.15, 0.2) is 106 Å². The molecule has 0 saturated carbocycles. The molecule has 4 aromatic rings. The zero-order chi connectivity index (χ0) is 24.5. The fraction of sp³-hybridized carbons (Fsp3) is 0.182. The molecule has 0 spiro atoms. The fourth-order valence-electron chi connectivity index (χ4n) is 5.63. The molecule has 3 heteroatoms. The quantitative estimate of drug-likeness (QED) is 0.224. The molecule has 2 unspecified atom stereocenters. The second-order valence-electron chi connectivity index (χ2n) is 9.74. The molecule has 36 heavy (non-hydrogen) atoms. The zero-order valence-electron chi connectivity index (χ0n) is 20.3. The number of halogens is 1. The van der Waals surface area contributed by atoms with Crippen molar-refractivity contribution in [2.45, 2.75) is 32.1 Å². The van der Waals surface area contributed by atoms with E-state index in [2.05, 4.69) is 118 Å². The van der Waals surface area contributed by atoms with Crippen LogP contribution in [0.4, 0.5) is 0 Å². The lowest BCUT2D eigenvalue weighted by atomic mass is 9.71. The van der Waals surface area contributed by atoms with E-state index in [0.29, 0.717) is 11.8 Å². The van der Waals surface area contributed by atoms with Crippen molar-refractivity contribution in [3.63, 3.8) is 0 Å². The van der Waals surface area contributed by atoms with Gasteiger partial charge in [0.05, 0.1) is 0 Å². The van der Waals surface area contributed by atoms with Gasteiger partial charge in [-0.15, -0.1) is 11.3 Å². The summed E-state index contributed by atoms with van der Waals surface area (Å²) in [5.41, 5.74) is 8.86. The Bertz CT molecular complexity index is 1540. The highest BCUT2D eigenvalue weighted by molar-refractivity contribution is 9.10. The van der Waals surface area contributed by atoms with Crippen molar-refractivity contribution in [1.82, 2.24) is 0 Å². The number of aliphatic imine (C=N–C) groups is 1. The molecule has 0 N–H and O–H groups in total. The number of fused-ring (bicyclic) bond motifs is 5. The van der Waals surface area contributed by atoms with Gasteiger partial charge in [-0.05, 0) is 87.0 Å². The van der Waals surface area contributed by atoms with Crippen LogP contribution in [0.1, 0.15) is 46.4 Å². The minimum Gasteiger partial charge on any atom is -0.269 e. The predicted octanol–water partition coefficient (Wildman–Crippen LogP) is 9.64. The second-order valence-corrected chi connectivity index (χ2v) is 11.6. The average Bonchev–Trinajstić information content (AvgIpc) is 3.25. The molecule has 2 atom stereocenters. The molecule has 0 fully saturated rings. The molecule has 1 nitrogen and oxygen atoms in total. The maximum absolute atomic E-state index is 4.06. The summed E-state index contributed by atoms with van der Waals surface area (Å²) in [6, 6.07) is 24.3. The molecule has 3 aliphatic rings. The Kier molecular flexibility index (Phi) is 6.60. The third-order valence-corrected chi connectivity index (χ3v) is 8.93. The Morgan fingerprint density at radius 3 is 2.69 bits per heavy atom. The largest absolute Gasteiger partial charge is 0.269 e. The summed E-state index contributed by atoms with van der Waals surface area (Å²) in [5, 5.41) is 4.85. The summed E-state index contributed by atoms with van der Waals surface area (Å²) < 4.78 is 1.16. The third kappa shape index (κ3) is 4.58. The zero-order valence-corrected chi connectivity index (χ0v) is 22.7. The molecule has 1 aromatic heterocycles. The molecule has 0 bridgehead atoms. The summed E-state index contributed by atoms with van der Waals surface area (Å²) in [7, 11) is 0. The van der Waals surface area contributed by atoms with Gasteiger partial charge in [0, 0.05) is 34.1 Å². The van der Waals surface area contributed by atoms with Gasteiger partial charge in [-0.3, -0.25) is 4.99 Å². The monoisotopic (exact) mass is 549 g/mol. The summed E-state index contributed by atoms with van der Waals surface area (Å²) >= 11 is 5.42. The fourth-order valence-corrected chi connectivity index (χ4v) is 6.82. The SMILES string of the molecule is C1=Cc2sccc2CC=N1.CC1Cc2c(ccc3ccc(Br)cc23)C2=C1CC(c1ccccc1)C=C2. The first-order chi connectivity index (χ1) is 17.7. The van der Waals surface area contributed by atoms with Gasteiger partial charge in [0.2, 0.25) is 0 Å². The molecular weight excluding hydrogens is 522 g/mol. The van der Waals surface area contributed by atoms with Gasteiger partial charge in [-0.1, -0.05) is 89.1 Å². The number of nitrogens with zero attached hydrogens (tertiary/aromatic N) is 1. The molecule has 1 aliphatic heterocycles. The summed E-state index contributed by atoms with van der Waals surface area (Å²) in [6.45, 7) is 2.40. The first-order valence-electron chi connectivity index (χ1n) is 12.6. The normalized spacial score (nSPS) is 19.7. The van der Waals surface area contributed by atoms with Gasteiger partial charge in [0.1, 0.15) is 0 Å². The van der Waals surface area contributed by atoms with Crippen LogP contribution in [0.3, 0.4) is 0 Å². The van der Waals surface area contributed by atoms with Crippen molar-refractivity contribution < 1.29 is 0 Å². The van der Waals surface area contributed by atoms with E-state index in [0.717, 1.165) is 23.7 Å². The van der Waals surface area contributed by atoms with Crippen LogP contribution in [-0.4, -0.2) is 6.21 Å². The Morgan fingerprint density at radius 2 is 1.81 bits per heavy atom. The highest BCUT2D eigenvalue weighted by Crippen LogP contribution is 2.45. The van der Waals surface area contributed by atoms with Crippen molar-refractivity contribution in [2.24, 2.45) is 10.9 Å². The summed E-state index contributed by atoms with van der Waals surface area (Å²) in [6.07, 6.45) is 13.9. The van der Waals surface area contributed by atoms with E-state index >= 15 is 0 Å². The van der Waals surface area contributed by atoms with Crippen molar-refractivity contribution in [2.75, 3.05) is 0 Å². The second kappa shape index (κ2) is 10.2. The molecule has 0 saturated heterocycles. The molecule has 0 amide bonds. The Hall–Kier alpha value is -3.01. The lowest BCUT2D eigenvalue weighted by Crippen LogP contribution is -2.18. The Labute approximate surface area is 225 Å². The van der Waals surface area contributed by atoms with Crippen molar-refractivity contribution >= 4 is 55.9 Å². The molecule has 7 rings (SSSR count). The third-order valence-electron chi connectivity index (χ3n) is 7.51. The van der Waals surface area contributed by atoms with Crippen LogP contribution in [0.25, 0.3) is 22.4 Å². The molecule has 0 radical (unpaired) electrons. The minimum absolute atomic E-state index is 0.508. The van der Waals surface area contributed by atoms with Crippen LogP contribution in [0.2, 0.25) is 0 Å². The predicted molar refractivity (Wildman–Crippen MR) is 160 cm³/mol. The lowest BCUT2D eigenvalue weighted by molar-refractivity contribution is 0.614. The molecule has 2 aliphatic carbocycles. The number of hydrogen-bond donors (Lipinski definition) is 0. The molecule has 2 heterocycles. The van der Waals surface area contributed by atoms with E-state index in [9.17, 15) is 0 Å². The topological polar surface area (TPSA) is 12.4 Å². The Balaban J connectivity index is 0.000000200. The van der Waals surface area contributed by atoms with E-state index in [4.69, 9.17) is 0 Å². The maximum Gasteiger partial charge on any atom is 0.0321 e. The Morgan fingerprint density at radius 1 is 0.944 bits per heavy atom. The van der Waals surface area contributed by atoms with E-state index in [1.807, 2.05) is 12.4 Å². The maximum atomic E-state index is 4.06. The van der Waals surface area contributed by atoms with Gasteiger partial charge >= 0.3 is 0 Å². The van der Waals surface area contributed by atoms with Gasteiger partial charge in [0.15, 0.2) is 0 Å². The van der Waals surface area contributed by atoms with Crippen molar-refractivity contribution in [3.05, 3.63) is 128 Å². The number of allylic oxidation sites excluding steroid dienone is 4. The van der Waals surface area contributed by atoms with Gasteiger partial charge < -0.3 is 0 Å². The van der Waals surface area contributed by atoms with Crippen molar-refractivity contribution in [3.8, 4) is 0 Å². The smallest absolute Gasteiger partial charge is 0.0321 e. The number of rotatable bonds is 1. The van der Waals surface area contributed by atoms with E-state index in [-0.39, 0.29) is 0 Å². The van der Waals surface area contributed by atoms with Crippen LogP contribution < -0.4 is 0 Å². The number of benzene rings is 3. The first-order valence-corrected chi connectivity index (χ1v) is 14.3. The summed E-state index contributed by atoms with van der Waals surface area (Å²) in [5.74, 6) is 1.10. The van der Waals surface area contributed by atoms with Crippen molar-refractivity contribution in [1.29, 1.82) is 0 Å². The van der Waals surface area contributed by atoms with Crippen LogP contribution in [0, 0.1) is 5.92 Å². The molecule has 3 aromatic carbocycles. The van der Waals surface area contributed by atoms with Gasteiger partial charge in [-0.2, -0.15) is 0 Å². The van der Waals surface area contributed by atoms with Crippen LogP contribution in [-0.2, 0) is 12.8 Å². The van der Waals surface area contributed by atoms with Crippen LogP contribution >= 0.6 is 27.3 Å². The lowest BCUT2D eigenvalue weighted by Gasteiger charge is -2.33. The highest BCUT2D eigenvalue weighted by Gasteiger charge is 2.28. The summed E-state index contributed by atoms with van der Waals surface area (Å²) in [4.78, 5) is 5.40. The van der Waals surface area contributed by atoms with E-state index in [1.165, 1.54) is 43.5 Å². The van der Waals surface area contributed by atoms with Gasteiger partial charge in [0.25, 0.3) is 0 Å². The number of thiophene rings is 1. The molecule has 178 valence electrons. The standard InChI is InChI=1S/C25H21Br.C8H7NS/c1-16-13-25-22(11-8-18-7-10-20(26)15-24(18)25)21-12-9-19(14-23(16)21)17-5-3-2-4-6-17;1-4-9-5-2-8-7(1)3-6-10-8/h2-12,15-16,19H,13-14H2,1H3;2-6H,1H2. The van der Waals surface area contributed by atoms with E-state index in [1.54, 1.807) is 16.9 Å². The van der Waals surface area contributed by atoms with Gasteiger partial charge in [-0.25, -0.2) is 0 Å². The minimum atomic E-state index is 0.508. The van der Waals surface area contributed by atoms with E-state index < -0.39 is 0 Å². The number of hydrogen-bond acceptors (Lipinski definition) is 2. The van der Waals surface area contributed by atoms with Crippen LogP contribution in [0.5, 0.6) is 0 Å².